The fraction of sp³-hybridized carbons (Fsp3) is 1.00. The minimum atomic E-state index is -0.246. The van der Waals surface area contributed by atoms with Gasteiger partial charge in [-0.2, -0.15) is 0 Å². The Hall–Kier alpha value is -0.160. The first-order valence-electron chi connectivity index (χ1n) is 4.86. The van der Waals surface area contributed by atoms with Crippen molar-refractivity contribution in [1.29, 1.82) is 0 Å². The standard InChI is InChI=1S/C10H23NO3/c1-8(9(13-4)14-5)11-6-10(2,3)7-12/h8-9,11-12H,6-7H2,1-5H3. The summed E-state index contributed by atoms with van der Waals surface area (Å²) in [7, 11) is 3.23. The molecule has 0 rings (SSSR count). The fourth-order valence-electron chi connectivity index (χ4n) is 1.09. The lowest BCUT2D eigenvalue weighted by Crippen LogP contribution is -2.44. The van der Waals surface area contributed by atoms with E-state index in [2.05, 4.69) is 5.32 Å². The van der Waals surface area contributed by atoms with Gasteiger partial charge in [-0.3, -0.25) is 0 Å². The van der Waals surface area contributed by atoms with Crippen molar-refractivity contribution in [2.24, 2.45) is 5.41 Å². The normalized spacial score (nSPS) is 14.8. The van der Waals surface area contributed by atoms with Gasteiger partial charge in [0.1, 0.15) is 0 Å². The Morgan fingerprint density at radius 1 is 1.29 bits per heavy atom. The number of nitrogens with one attached hydrogen (secondary N) is 1. The Balaban J connectivity index is 3.88. The molecule has 4 nitrogen and oxygen atoms in total. The van der Waals surface area contributed by atoms with Crippen LogP contribution in [-0.4, -0.2) is 44.8 Å². The molecule has 1 atom stereocenters. The highest BCUT2D eigenvalue weighted by atomic mass is 16.7. The minimum Gasteiger partial charge on any atom is -0.396 e. The van der Waals surface area contributed by atoms with E-state index in [0.717, 1.165) is 6.54 Å². The maximum atomic E-state index is 9.06. The molecule has 0 fully saturated rings. The van der Waals surface area contributed by atoms with Crippen LogP contribution < -0.4 is 5.32 Å². The van der Waals surface area contributed by atoms with Gasteiger partial charge in [0.25, 0.3) is 0 Å². The largest absolute Gasteiger partial charge is 0.396 e. The van der Waals surface area contributed by atoms with E-state index in [1.54, 1.807) is 14.2 Å². The molecular weight excluding hydrogens is 182 g/mol. The van der Waals surface area contributed by atoms with Crippen molar-refractivity contribution in [2.75, 3.05) is 27.4 Å². The summed E-state index contributed by atoms with van der Waals surface area (Å²) in [5, 5.41) is 12.3. The zero-order valence-electron chi connectivity index (χ0n) is 9.83. The molecular formula is C10H23NO3. The SMILES string of the molecule is COC(OC)C(C)NCC(C)(C)CO. The first-order chi connectivity index (χ1) is 6.46. The predicted octanol–water partition coefficient (Wildman–Crippen LogP) is 0.602. The molecule has 0 amide bonds. The lowest BCUT2D eigenvalue weighted by Gasteiger charge is -2.28. The third kappa shape index (κ3) is 4.91. The first kappa shape index (κ1) is 13.8. The lowest BCUT2D eigenvalue weighted by atomic mass is 9.94. The number of rotatable bonds is 7. The van der Waals surface area contributed by atoms with Crippen LogP contribution in [0.2, 0.25) is 0 Å². The first-order valence-corrected chi connectivity index (χ1v) is 4.86. The highest BCUT2D eigenvalue weighted by Crippen LogP contribution is 2.12. The zero-order chi connectivity index (χ0) is 11.2. The summed E-state index contributed by atoms with van der Waals surface area (Å²) in [4.78, 5) is 0. The van der Waals surface area contributed by atoms with Crippen LogP contribution in [0.25, 0.3) is 0 Å². The van der Waals surface area contributed by atoms with Gasteiger partial charge in [-0.1, -0.05) is 13.8 Å². The summed E-state index contributed by atoms with van der Waals surface area (Å²) in [6, 6.07) is 0.107. The summed E-state index contributed by atoms with van der Waals surface area (Å²) in [5.74, 6) is 0. The van der Waals surface area contributed by atoms with Crippen LogP contribution in [0.1, 0.15) is 20.8 Å². The van der Waals surface area contributed by atoms with E-state index in [1.807, 2.05) is 20.8 Å². The highest BCUT2D eigenvalue weighted by molar-refractivity contribution is 4.74. The predicted molar refractivity (Wildman–Crippen MR) is 56.1 cm³/mol. The molecule has 2 N–H and O–H groups in total. The zero-order valence-corrected chi connectivity index (χ0v) is 9.83. The molecule has 0 aromatic carbocycles. The molecule has 1 unspecified atom stereocenters. The summed E-state index contributed by atoms with van der Waals surface area (Å²) in [6.07, 6.45) is -0.246. The summed E-state index contributed by atoms with van der Waals surface area (Å²) in [6.45, 7) is 6.89. The third-order valence-corrected chi connectivity index (χ3v) is 2.20. The molecule has 4 heteroatoms. The second-order valence-electron chi connectivity index (χ2n) is 4.33. The van der Waals surface area contributed by atoms with Gasteiger partial charge >= 0.3 is 0 Å². The molecule has 0 saturated heterocycles. The van der Waals surface area contributed by atoms with Crippen molar-refractivity contribution < 1.29 is 14.6 Å². The maximum absolute atomic E-state index is 9.06. The molecule has 0 heterocycles. The second-order valence-corrected chi connectivity index (χ2v) is 4.33. The van der Waals surface area contributed by atoms with Crippen molar-refractivity contribution >= 4 is 0 Å². The summed E-state index contributed by atoms with van der Waals surface area (Å²) < 4.78 is 10.2. The average Bonchev–Trinajstić information content (AvgIpc) is 2.17. The Morgan fingerprint density at radius 3 is 2.14 bits per heavy atom. The molecule has 0 bridgehead atoms. The van der Waals surface area contributed by atoms with Gasteiger partial charge in [-0.25, -0.2) is 0 Å². The van der Waals surface area contributed by atoms with E-state index in [0.29, 0.717) is 0 Å². The van der Waals surface area contributed by atoms with Crippen LogP contribution in [-0.2, 0) is 9.47 Å². The highest BCUT2D eigenvalue weighted by Gasteiger charge is 2.20. The molecule has 0 aromatic heterocycles. The lowest BCUT2D eigenvalue weighted by molar-refractivity contribution is -0.120. The molecule has 0 radical (unpaired) electrons. The van der Waals surface area contributed by atoms with Crippen LogP contribution in [0.15, 0.2) is 0 Å². The molecule has 0 aliphatic heterocycles. The fourth-order valence-corrected chi connectivity index (χ4v) is 1.09. The van der Waals surface area contributed by atoms with Gasteiger partial charge in [-0.15, -0.1) is 0 Å². The van der Waals surface area contributed by atoms with Crippen LogP contribution >= 0.6 is 0 Å². The number of hydrogen-bond donors (Lipinski definition) is 2. The molecule has 14 heavy (non-hydrogen) atoms. The van der Waals surface area contributed by atoms with Gasteiger partial charge in [0.15, 0.2) is 6.29 Å². The van der Waals surface area contributed by atoms with Crippen LogP contribution in [0, 0.1) is 5.41 Å². The molecule has 86 valence electrons. The number of hydrogen-bond acceptors (Lipinski definition) is 4. The van der Waals surface area contributed by atoms with E-state index in [1.165, 1.54) is 0 Å². The van der Waals surface area contributed by atoms with Crippen molar-refractivity contribution in [3.05, 3.63) is 0 Å². The minimum absolute atomic E-state index is 0.107. The van der Waals surface area contributed by atoms with Crippen LogP contribution in [0.3, 0.4) is 0 Å². The Labute approximate surface area is 86.6 Å². The van der Waals surface area contributed by atoms with Gasteiger partial charge < -0.3 is 19.9 Å². The number of aliphatic hydroxyl groups excluding tert-OH is 1. The van der Waals surface area contributed by atoms with E-state index < -0.39 is 0 Å². The summed E-state index contributed by atoms with van der Waals surface area (Å²) >= 11 is 0. The topological polar surface area (TPSA) is 50.7 Å². The second kappa shape index (κ2) is 6.35. The van der Waals surface area contributed by atoms with E-state index in [9.17, 15) is 0 Å². The quantitative estimate of drug-likeness (QED) is 0.598. The van der Waals surface area contributed by atoms with Crippen LogP contribution in [0.4, 0.5) is 0 Å². The Morgan fingerprint density at radius 2 is 1.79 bits per heavy atom. The van der Waals surface area contributed by atoms with Crippen LogP contribution in [0.5, 0.6) is 0 Å². The molecule has 0 aliphatic carbocycles. The van der Waals surface area contributed by atoms with Crippen molar-refractivity contribution in [3.8, 4) is 0 Å². The molecule has 0 aromatic rings. The van der Waals surface area contributed by atoms with Gasteiger partial charge in [-0.05, 0) is 6.92 Å². The average molecular weight is 205 g/mol. The number of aliphatic hydroxyl groups is 1. The van der Waals surface area contributed by atoms with E-state index >= 15 is 0 Å². The maximum Gasteiger partial charge on any atom is 0.171 e. The number of methoxy groups -OCH3 is 2. The van der Waals surface area contributed by atoms with Gasteiger partial charge in [0, 0.05) is 32.8 Å². The summed E-state index contributed by atoms with van der Waals surface area (Å²) in [5.41, 5.74) is -0.111. The third-order valence-electron chi connectivity index (χ3n) is 2.20. The Bertz CT molecular complexity index is 146. The monoisotopic (exact) mass is 205 g/mol. The Kier molecular flexibility index (Phi) is 6.27. The van der Waals surface area contributed by atoms with E-state index in [-0.39, 0.29) is 24.4 Å². The van der Waals surface area contributed by atoms with Crippen molar-refractivity contribution in [2.45, 2.75) is 33.1 Å². The molecule has 0 aliphatic rings. The molecule has 0 spiro atoms. The van der Waals surface area contributed by atoms with Gasteiger partial charge in [0.05, 0.1) is 6.04 Å². The smallest absolute Gasteiger partial charge is 0.171 e. The number of ether oxygens (including phenoxy) is 2. The van der Waals surface area contributed by atoms with Crippen molar-refractivity contribution in [1.82, 2.24) is 5.32 Å². The van der Waals surface area contributed by atoms with Gasteiger partial charge in [0.2, 0.25) is 0 Å². The van der Waals surface area contributed by atoms with E-state index in [4.69, 9.17) is 14.6 Å². The molecule has 0 saturated carbocycles. The van der Waals surface area contributed by atoms with Crippen molar-refractivity contribution in [3.63, 3.8) is 0 Å².